The van der Waals surface area contributed by atoms with Gasteiger partial charge in [-0.2, -0.15) is 0 Å². The number of amides is 14. The summed E-state index contributed by atoms with van der Waals surface area (Å²) in [5.41, 5.74) is 14.5. The zero-order chi connectivity index (χ0) is 80.7. The van der Waals surface area contributed by atoms with Crippen molar-refractivity contribution in [2.45, 2.75) is 263 Å². The molecule has 1 aromatic carbocycles. The lowest BCUT2D eigenvalue weighted by Crippen LogP contribution is -2.64. The summed E-state index contributed by atoms with van der Waals surface area (Å²) in [6.07, 6.45) is 4.15. The molecule has 1 aromatic rings. The molecule has 14 atom stereocenters. The number of nitrogens with two attached hydrogens (primary N) is 3. The minimum absolute atomic E-state index is 0.0152. The molecule has 0 fully saturated rings. The second kappa shape index (κ2) is 47.8. The van der Waals surface area contributed by atoms with Crippen LogP contribution in [0.4, 0.5) is 0 Å². The van der Waals surface area contributed by atoms with Crippen molar-refractivity contribution in [1.29, 1.82) is 0 Å². The highest BCUT2D eigenvalue weighted by molar-refractivity contribution is 6.01. The van der Waals surface area contributed by atoms with E-state index in [0.29, 0.717) is 37.7 Å². The third-order valence-corrected chi connectivity index (χ3v) is 18.5. The fourth-order valence-electron chi connectivity index (χ4n) is 11.4. The van der Waals surface area contributed by atoms with Gasteiger partial charge in [-0.25, -0.2) is 0 Å². The molecule has 0 bridgehead atoms. The Hall–Kier alpha value is -9.64. The number of unbranched alkanes of at least 4 members (excludes halogenated alkanes) is 2. The lowest BCUT2D eigenvalue weighted by Gasteiger charge is -2.33. The fraction of sp³-hybridized carbons (Fsp3) is 0.667. The number of benzene rings is 1. The van der Waals surface area contributed by atoms with Gasteiger partial charge in [0.05, 0.1) is 19.6 Å². The second-order valence-electron chi connectivity index (χ2n) is 28.2. The number of aliphatic hydroxyl groups is 1. The minimum atomic E-state index is -1.87. The molecule has 0 saturated heterocycles. The SMILES string of the molecule is CC[C@H](C)[C@H](NC(=O)[C@H](CC(=O)O)NC(=O)[C@H](Cc1ccccc1)NC(=O)[C@H](CC(C)C)NC(=O)CNC(C)=O)C(=O)N[C@H](C(=O)N[C@@H](CCCCN)C(=O)N[C@@H](CCCCN)C(=O)N[C@@]1(C)CCC/C=C\CCC[C@@](C)(C(N)=O)NC(=O)[C@H](CO)NC(=O)[C@H](CCC(=O)O)NC(=O)[C@H](C)NC1=O)[C@@H](C)CC. The van der Waals surface area contributed by atoms with Crippen LogP contribution in [0, 0.1) is 17.8 Å². The Morgan fingerprint density at radius 1 is 0.589 bits per heavy atom. The zero-order valence-corrected chi connectivity index (χ0v) is 63.4. The minimum Gasteiger partial charge on any atom is -0.481 e. The standard InChI is InChI=1S/C72H118N16O19/c1-11-42(5)57(86-68(105)58(43(6)12-2)85-64(101)52(38-56(94)95)83-63(100)51(37-46-26-18-17-19-27-46)82-62(99)50(36-41(3)4)78-54(91)39-76-45(8)90)67(104)81-47(28-20-24-34-73)60(97)80-48(29-21-25-35-74)65(102)88-72(10)33-23-16-14-13-15-22-32-71(9,69(75)106)87-66(103)53(40-89)84-61(98)49(30-31-55(92)93)79-59(96)44(7)77-70(72)107/h13-14,17-19,26-27,41-44,47-53,57-58,89H,11-12,15-16,20-25,28-40,73-74H2,1-10H3,(H2,75,106)(H,76,90)(H,77,107)(H,78,91)(H,79,96)(H,80,97)(H,81,104)(H,82,99)(H,83,100)(H,84,98)(H,85,101)(H,86,105)(H,87,103)(H,88,102)(H,92,93)(H,94,95)/b14-13-/t42-,43-,44-,47-,48-,49-,50-,51-,52-,53-,57-,58-,71-,72-/m0/s1. The van der Waals surface area contributed by atoms with Gasteiger partial charge in [0, 0.05) is 19.8 Å². The summed E-state index contributed by atoms with van der Waals surface area (Å²) in [7, 11) is 0. The first-order valence-electron chi connectivity index (χ1n) is 36.7. The summed E-state index contributed by atoms with van der Waals surface area (Å²) in [4.78, 5) is 219. The van der Waals surface area contributed by atoms with Crippen LogP contribution in [0.5, 0.6) is 0 Å². The maximum absolute atomic E-state index is 14.8. The van der Waals surface area contributed by atoms with E-state index in [0.717, 1.165) is 0 Å². The van der Waals surface area contributed by atoms with Crippen LogP contribution in [0.2, 0.25) is 0 Å². The van der Waals surface area contributed by atoms with E-state index >= 15 is 0 Å². The maximum Gasteiger partial charge on any atom is 0.305 e. The van der Waals surface area contributed by atoms with Crippen molar-refractivity contribution >= 4 is 94.6 Å². The third kappa shape index (κ3) is 33.8. The van der Waals surface area contributed by atoms with Gasteiger partial charge in [-0.15, -0.1) is 0 Å². The number of allylic oxidation sites excluding steroid dienone is 2. The number of carboxylic acids is 2. The van der Waals surface area contributed by atoms with Crippen molar-refractivity contribution in [1.82, 2.24) is 69.1 Å². The lowest BCUT2D eigenvalue weighted by molar-refractivity contribution is -0.142. The molecule has 1 aliphatic rings. The van der Waals surface area contributed by atoms with Crippen LogP contribution in [-0.2, 0) is 83.1 Å². The Morgan fingerprint density at radius 2 is 1.08 bits per heavy atom. The predicted octanol–water partition coefficient (Wildman–Crippen LogP) is -1.89. The Balaban J connectivity index is 2.61. The number of aliphatic carboxylic acids is 2. The Morgan fingerprint density at radius 3 is 1.61 bits per heavy atom. The van der Waals surface area contributed by atoms with Crippen LogP contribution in [-0.4, -0.2) is 208 Å². The number of primary amides is 1. The number of rotatable bonds is 40. The smallest absolute Gasteiger partial charge is 0.305 e. The number of nitrogens with one attached hydrogen (secondary N) is 13. The third-order valence-electron chi connectivity index (χ3n) is 18.5. The normalized spacial score (nSPS) is 21.2. The van der Waals surface area contributed by atoms with Crippen LogP contribution >= 0.6 is 0 Å². The van der Waals surface area contributed by atoms with E-state index in [9.17, 15) is 92.0 Å². The monoisotopic (exact) mass is 1510 g/mol. The molecular formula is C72H118N16O19. The molecule has 1 heterocycles. The molecular weight excluding hydrogens is 1390 g/mol. The molecule has 0 radical (unpaired) electrons. The van der Waals surface area contributed by atoms with E-state index in [1.807, 2.05) is 0 Å². The van der Waals surface area contributed by atoms with Gasteiger partial charge in [0.1, 0.15) is 71.5 Å². The molecule has 35 nitrogen and oxygen atoms in total. The van der Waals surface area contributed by atoms with Gasteiger partial charge in [0.25, 0.3) is 0 Å². The first kappa shape index (κ1) is 93.4. The highest BCUT2D eigenvalue weighted by Crippen LogP contribution is 2.21. The Labute approximate surface area is 625 Å². The molecule has 600 valence electrons. The van der Waals surface area contributed by atoms with Gasteiger partial charge in [0.2, 0.25) is 82.7 Å². The highest BCUT2D eigenvalue weighted by Gasteiger charge is 2.42. The number of hydrogen-bond acceptors (Lipinski definition) is 19. The second-order valence-corrected chi connectivity index (χ2v) is 28.2. The van der Waals surface area contributed by atoms with E-state index in [1.165, 1.54) is 27.7 Å². The molecule has 0 aromatic heterocycles. The first-order valence-corrected chi connectivity index (χ1v) is 36.7. The summed E-state index contributed by atoms with van der Waals surface area (Å²) in [6.45, 7) is 14.4. The largest absolute Gasteiger partial charge is 0.481 e. The van der Waals surface area contributed by atoms with Gasteiger partial charge in [-0.1, -0.05) is 96.9 Å². The topological polar surface area (TPSA) is 568 Å². The summed E-state index contributed by atoms with van der Waals surface area (Å²) >= 11 is 0. The van der Waals surface area contributed by atoms with Gasteiger partial charge in [0.15, 0.2) is 0 Å². The molecule has 14 amide bonds. The number of carbonyl (C=O) groups is 16. The molecule has 2 rings (SSSR count). The summed E-state index contributed by atoms with van der Waals surface area (Å²) in [5, 5.41) is 63.1. The van der Waals surface area contributed by atoms with Gasteiger partial charge >= 0.3 is 11.9 Å². The Bertz CT molecular complexity index is 3210. The highest BCUT2D eigenvalue weighted by atomic mass is 16.4. The average Bonchev–Trinajstić information content (AvgIpc) is 1.06. The van der Waals surface area contributed by atoms with Crippen LogP contribution in [0.1, 0.15) is 190 Å². The van der Waals surface area contributed by atoms with Crippen molar-refractivity contribution in [2.24, 2.45) is 35.0 Å². The summed E-state index contributed by atoms with van der Waals surface area (Å²) < 4.78 is 0. The van der Waals surface area contributed by atoms with E-state index < -0.39 is 210 Å². The van der Waals surface area contributed by atoms with Gasteiger partial charge < -0.3 is 102 Å². The van der Waals surface area contributed by atoms with Crippen molar-refractivity contribution in [3.05, 3.63) is 48.0 Å². The molecule has 0 saturated carbocycles. The van der Waals surface area contributed by atoms with Crippen LogP contribution in [0.15, 0.2) is 42.5 Å². The summed E-state index contributed by atoms with van der Waals surface area (Å²) in [5.74, 6) is -17.0. The van der Waals surface area contributed by atoms with Crippen LogP contribution in [0.3, 0.4) is 0 Å². The van der Waals surface area contributed by atoms with Gasteiger partial charge in [-0.05, 0) is 147 Å². The maximum atomic E-state index is 14.8. The number of hydrogen-bond donors (Lipinski definition) is 19. The molecule has 0 spiro atoms. The van der Waals surface area contributed by atoms with E-state index in [1.54, 1.807) is 84.0 Å². The number of aliphatic hydroxyl groups excluding tert-OH is 1. The molecule has 1 aliphatic heterocycles. The summed E-state index contributed by atoms with van der Waals surface area (Å²) in [6, 6.07) is -6.73. The number of carbonyl (C=O) groups excluding carboxylic acids is 14. The Kier molecular flexibility index (Phi) is 41.8. The van der Waals surface area contributed by atoms with Crippen molar-refractivity contribution in [2.75, 3.05) is 26.2 Å². The van der Waals surface area contributed by atoms with E-state index in [2.05, 4.69) is 69.1 Å². The quantitative estimate of drug-likeness (QED) is 0.0252. The molecule has 107 heavy (non-hydrogen) atoms. The molecule has 35 heteroatoms. The van der Waals surface area contributed by atoms with E-state index in [4.69, 9.17) is 17.2 Å². The van der Waals surface area contributed by atoms with Gasteiger partial charge in [-0.3, -0.25) is 76.7 Å². The molecule has 0 aliphatic carbocycles. The van der Waals surface area contributed by atoms with Crippen molar-refractivity contribution in [3.63, 3.8) is 0 Å². The molecule has 22 N–H and O–H groups in total. The predicted molar refractivity (Wildman–Crippen MR) is 393 cm³/mol. The van der Waals surface area contributed by atoms with Crippen LogP contribution in [0.25, 0.3) is 0 Å². The van der Waals surface area contributed by atoms with Crippen molar-refractivity contribution in [3.8, 4) is 0 Å². The van der Waals surface area contributed by atoms with Crippen molar-refractivity contribution < 1.29 is 92.0 Å². The van der Waals surface area contributed by atoms with E-state index in [-0.39, 0.29) is 89.6 Å². The number of carboxylic acid groups (broad SMARTS) is 2. The van der Waals surface area contributed by atoms with Crippen LogP contribution < -0.4 is 86.3 Å². The zero-order valence-electron chi connectivity index (χ0n) is 63.4. The molecule has 0 unspecified atom stereocenters. The first-order chi connectivity index (χ1) is 50.4. The average molecular weight is 1510 g/mol. The fourth-order valence-corrected chi connectivity index (χ4v) is 11.4. The lowest BCUT2D eigenvalue weighted by atomic mass is 9.91.